The first-order valence-electron chi connectivity index (χ1n) is 5.34. The van der Waals surface area contributed by atoms with Crippen molar-refractivity contribution >= 4 is 5.69 Å². The lowest BCUT2D eigenvalue weighted by Crippen LogP contribution is -1.96. The van der Waals surface area contributed by atoms with Crippen molar-refractivity contribution in [3.8, 4) is 17.0 Å². The smallest absolute Gasteiger partial charge is 0.165 e. The van der Waals surface area contributed by atoms with E-state index in [4.69, 9.17) is 4.74 Å². The molecule has 96 valence electrons. The van der Waals surface area contributed by atoms with Gasteiger partial charge in [0.25, 0.3) is 0 Å². The Hall–Kier alpha value is -2.11. The first-order chi connectivity index (χ1) is 8.58. The Kier molecular flexibility index (Phi) is 3.18. The third-order valence-electron chi connectivity index (χ3n) is 2.69. The van der Waals surface area contributed by atoms with Crippen molar-refractivity contribution in [1.29, 1.82) is 0 Å². The van der Waals surface area contributed by atoms with Crippen molar-refractivity contribution in [1.82, 2.24) is 10.2 Å². The molecule has 6 heteroatoms. The molecule has 1 aromatic heterocycles. The molecule has 1 aromatic carbocycles. The Morgan fingerprint density at radius 1 is 1.28 bits per heavy atom. The van der Waals surface area contributed by atoms with Gasteiger partial charge in [-0.2, -0.15) is 5.10 Å². The number of rotatable bonds is 3. The zero-order valence-corrected chi connectivity index (χ0v) is 10.3. The number of ether oxygens (including phenoxy) is 1. The second-order valence-corrected chi connectivity index (χ2v) is 3.79. The molecule has 0 aliphatic rings. The number of hydrogen-bond acceptors (Lipinski definition) is 3. The van der Waals surface area contributed by atoms with Crippen molar-refractivity contribution in [2.24, 2.45) is 0 Å². The number of nitrogens with zero attached hydrogens (tertiary/aromatic N) is 1. The van der Waals surface area contributed by atoms with Crippen LogP contribution < -0.4 is 10.1 Å². The monoisotopic (exact) mass is 253 g/mol. The summed E-state index contributed by atoms with van der Waals surface area (Å²) >= 11 is 0. The van der Waals surface area contributed by atoms with Crippen molar-refractivity contribution in [3.63, 3.8) is 0 Å². The fourth-order valence-electron chi connectivity index (χ4n) is 1.80. The highest BCUT2D eigenvalue weighted by Gasteiger charge is 2.18. The maximum Gasteiger partial charge on any atom is 0.165 e. The normalized spacial score (nSPS) is 10.5. The van der Waals surface area contributed by atoms with E-state index in [-0.39, 0.29) is 11.3 Å². The number of aromatic nitrogens is 2. The standard InChI is InChI=1S/C12H13F2N3O/c1-6-11(15-2)12(17-16-6)7-4-9(14)10(18-3)5-8(7)13/h4-5,15H,1-3H3,(H,16,17). The van der Waals surface area contributed by atoms with Gasteiger partial charge < -0.3 is 10.1 Å². The largest absolute Gasteiger partial charge is 0.494 e. The number of H-pyrrole nitrogens is 1. The Labute approximate surface area is 103 Å². The van der Waals surface area contributed by atoms with Crippen LogP contribution in [0.15, 0.2) is 12.1 Å². The molecule has 0 unspecified atom stereocenters. The minimum Gasteiger partial charge on any atom is -0.494 e. The van der Waals surface area contributed by atoms with Crippen molar-refractivity contribution in [3.05, 3.63) is 29.5 Å². The van der Waals surface area contributed by atoms with Gasteiger partial charge >= 0.3 is 0 Å². The van der Waals surface area contributed by atoms with Crippen LogP contribution in [0.4, 0.5) is 14.5 Å². The lowest BCUT2D eigenvalue weighted by molar-refractivity contribution is 0.383. The number of benzene rings is 1. The maximum atomic E-state index is 13.9. The van der Waals surface area contributed by atoms with E-state index in [1.807, 2.05) is 0 Å². The fraction of sp³-hybridized carbons (Fsp3) is 0.250. The predicted octanol–water partition coefficient (Wildman–Crippen LogP) is 2.71. The van der Waals surface area contributed by atoms with Gasteiger partial charge in [-0.3, -0.25) is 5.10 Å². The molecule has 1 heterocycles. The molecule has 0 bridgehead atoms. The molecule has 18 heavy (non-hydrogen) atoms. The molecule has 0 atom stereocenters. The van der Waals surface area contributed by atoms with Crippen LogP contribution in [-0.4, -0.2) is 24.4 Å². The van der Waals surface area contributed by atoms with Crippen LogP contribution >= 0.6 is 0 Å². The van der Waals surface area contributed by atoms with E-state index in [1.165, 1.54) is 7.11 Å². The highest BCUT2D eigenvalue weighted by atomic mass is 19.1. The zero-order valence-electron chi connectivity index (χ0n) is 10.3. The van der Waals surface area contributed by atoms with Crippen LogP contribution in [0, 0.1) is 18.6 Å². The van der Waals surface area contributed by atoms with Gasteiger partial charge in [0.15, 0.2) is 11.6 Å². The third kappa shape index (κ3) is 1.90. The maximum absolute atomic E-state index is 13.9. The van der Waals surface area contributed by atoms with Crippen LogP contribution in [0.25, 0.3) is 11.3 Å². The first kappa shape index (κ1) is 12.3. The minimum absolute atomic E-state index is 0.0852. The molecule has 0 radical (unpaired) electrons. The number of aryl methyl sites for hydroxylation is 1. The van der Waals surface area contributed by atoms with E-state index in [9.17, 15) is 8.78 Å². The van der Waals surface area contributed by atoms with E-state index in [0.29, 0.717) is 11.4 Å². The molecule has 0 spiro atoms. The quantitative estimate of drug-likeness (QED) is 0.884. The lowest BCUT2D eigenvalue weighted by atomic mass is 10.1. The summed E-state index contributed by atoms with van der Waals surface area (Å²) in [5.41, 5.74) is 1.82. The molecule has 0 aliphatic heterocycles. The second kappa shape index (κ2) is 4.64. The van der Waals surface area contributed by atoms with Crippen molar-refractivity contribution < 1.29 is 13.5 Å². The summed E-state index contributed by atoms with van der Waals surface area (Å²) in [4.78, 5) is 0. The van der Waals surface area contributed by atoms with Gasteiger partial charge in [0, 0.05) is 18.7 Å². The number of aromatic amines is 1. The topological polar surface area (TPSA) is 49.9 Å². The zero-order chi connectivity index (χ0) is 13.3. The number of methoxy groups -OCH3 is 1. The van der Waals surface area contributed by atoms with E-state index in [1.54, 1.807) is 14.0 Å². The molecular formula is C12H13F2N3O. The lowest BCUT2D eigenvalue weighted by Gasteiger charge is -2.07. The summed E-state index contributed by atoms with van der Waals surface area (Å²) in [7, 11) is 2.98. The molecule has 2 rings (SSSR count). The predicted molar refractivity (Wildman–Crippen MR) is 64.8 cm³/mol. The van der Waals surface area contributed by atoms with Gasteiger partial charge in [-0.15, -0.1) is 0 Å². The summed E-state index contributed by atoms with van der Waals surface area (Å²) < 4.78 is 32.2. The van der Waals surface area contributed by atoms with Gasteiger partial charge in [-0.25, -0.2) is 8.78 Å². The van der Waals surface area contributed by atoms with E-state index < -0.39 is 11.6 Å². The summed E-state index contributed by atoms with van der Waals surface area (Å²) in [6.07, 6.45) is 0. The third-order valence-corrected chi connectivity index (χ3v) is 2.69. The average Bonchev–Trinajstić information content (AvgIpc) is 2.72. The van der Waals surface area contributed by atoms with E-state index in [0.717, 1.165) is 17.8 Å². The van der Waals surface area contributed by atoms with Crippen LogP contribution in [0.5, 0.6) is 5.75 Å². The molecule has 0 aliphatic carbocycles. The molecule has 0 fully saturated rings. The average molecular weight is 253 g/mol. The second-order valence-electron chi connectivity index (χ2n) is 3.79. The summed E-state index contributed by atoms with van der Waals surface area (Å²) in [5, 5.41) is 9.61. The van der Waals surface area contributed by atoms with Crippen LogP contribution in [0.3, 0.4) is 0 Å². The van der Waals surface area contributed by atoms with Crippen molar-refractivity contribution in [2.45, 2.75) is 6.92 Å². The molecule has 0 saturated heterocycles. The number of anilines is 1. The van der Waals surface area contributed by atoms with E-state index in [2.05, 4.69) is 15.5 Å². The summed E-state index contributed by atoms with van der Waals surface area (Å²) in [5.74, 6) is -1.35. The van der Waals surface area contributed by atoms with Gasteiger partial charge in [-0.1, -0.05) is 0 Å². The highest BCUT2D eigenvalue weighted by molar-refractivity contribution is 5.76. The first-order valence-corrected chi connectivity index (χ1v) is 5.34. The number of hydrogen-bond donors (Lipinski definition) is 2. The summed E-state index contributed by atoms with van der Waals surface area (Å²) in [6.45, 7) is 1.79. The van der Waals surface area contributed by atoms with Gasteiger partial charge in [0.05, 0.1) is 18.5 Å². The fourth-order valence-corrected chi connectivity index (χ4v) is 1.80. The molecule has 4 nitrogen and oxygen atoms in total. The molecular weight excluding hydrogens is 240 g/mol. The summed E-state index contributed by atoms with van der Waals surface area (Å²) in [6, 6.07) is 2.08. The number of halogens is 2. The molecule has 0 saturated carbocycles. The van der Waals surface area contributed by atoms with Gasteiger partial charge in [-0.05, 0) is 13.0 Å². The number of nitrogens with one attached hydrogen (secondary N) is 2. The van der Waals surface area contributed by atoms with Crippen molar-refractivity contribution in [2.75, 3.05) is 19.5 Å². The van der Waals surface area contributed by atoms with Gasteiger partial charge in [0.1, 0.15) is 11.5 Å². The van der Waals surface area contributed by atoms with E-state index >= 15 is 0 Å². The Bertz CT molecular complexity index is 581. The SMILES string of the molecule is CNc1c(-c2cc(F)c(OC)cc2F)n[nH]c1C. The van der Waals surface area contributed by atoms with Crippen LogP contribution in [0.1, 0.15) is 5.69 Å². The molecule has 0 amide bonds. The van der Waals surface area contributed by atoms with Gasteiger partial charge in [0.2, 0.25) is 0 Å². The molecule has 2 aromatic rings. The minimum atomic E-state index is -0.628. The Morgan fingerprint density at radius 3 is 2.61 bits per heavy atom. The van der Waals surface area contributed by atoms with Crippen LogP contribution in [0.2, 0.25) is 0 Å². The highest BCUT2D eigenvalue weighted by Crippen LogP contribution is 2.33. The Balaban J connectivity index is 2.60. The molecule has 2 N–H and O–H groups in total. The van der Waals surface area contributed by atoms with Crippen LogP contribution in [-0.2, 0) is 0 Å². The Morgan fingerprint density at radius 2 is 2.00 bits per heavy atom.